The van der Waals surface area contributed by atoms with Crippen LogP contribution in [0.1, 0.15) is 5.56 Å². The number of fused-ring (bicyclic) bond motifs is 1. The number of anilines is 1. The van der Waals surface area contributed by atoms with E-state index in [2.05, 4.69) is 15.0 Å². The molecule has 0 aliphatic carbocycles. The van der Waals surface area contributed by atoms with Crippen LogP contribution in [0.4, 0.5) is 14.5 Å². The molecule has 0 radical (unpaired) electrons. The third-order valence-corrected chi connectivity index (χ3v) is 3.56. The number of aromatic amines is 1. The standard InChI is InChI=1S/C18H14F2N2O3/c19-18(20)25-15-8-4-3-7-14(15)21-16(23)10-12-9-11-5-1-2-6-13(11)22-17(12)24/h1-9,18H,10H2,(H,21,23)(H,22,24). The van der Waals surface area contributed by atoms with Crippen LogP contribution in [0, 0.1) is 0 Å². The zero-order valence-electron chi connectivity index (χ0n) is 13.0. The van der Waals surface area contributed by atoms with E-state index in [1.54, 1.807) is 24.3 Å². The van der Waals surface area contributed by atoms with E-state index in [0.29, 0.717) is 5.52 Å². The summed E-state index contributed by atoms with van der Waals surface area (Å²) in [7, 11) is 0. The third-order valence-electron chi connectivity index (χ3n) is 3.56. The Morgan fingerprint density at radius 2 is 1.84 bits per heavy atom. The number of benzene rings is 2. The van der Waals surface area contributed by atoms with Gasteiger partial charge in [-0.2, -0.15) is 8.78 Å². The predicted octanol–water partition coefficient (Wildman–Crippen LogP) is 3.31. The molecule has 0 saturated carbocycles. The van der Waals surface area contributed by atoms with Crippen LogP contribution in [0.3, 0.4) is 0 Å². The number of carbonyl (C=O) groups is 1. The van der Waals surface area contributed by atoms with Crippen molar-refractivity contribution in [3.63, 3.8) is 0 Å². The Morgan fingerprint density at radius 1 is 1.12 bits per heavy atom. The largest absolute Gasteiger partial charge is 0.433 e. The number of hydrogen-bond donors (Lipinski definition) is 2. The molecular formula is C18H14F2N2O3. The highest BCUT2D eigenvalue weighted by molar-refractivity contribution is 5.94. The van der Waals surface area contributed by atoms with Crippen LogP contribution in [-0.2, 0) is 11.2 Å². The molecule has 128 valence electrons. The fourth-order valence-electron chi connectivity index (χ4n) is 2.46. The number of aromatic nitrogens is 1. The van der Waals surface area contributed by atoms with E-state index in [1.165, 1.54) is 18.2 Å². The van der Waals surface area contributed by atoms with Crippen LogP contribution in [0.2, 0.25) is 0 Å². The van der Waals surface area contributed by atoms with Crippen LogP contribution in [0.25, 0.3) is 10.9 Å². The van der Waals surface area contributed by atoms with E-state index in [1.807, 2.05) is 12.1 Å². The second kappa shape index (κ2) is 7.12. The summed E-state index contributed by atoms with van der Waals surface area (Å²) in [4.78, 5) is 27.0. The maximum atomic E-state index is 12.4. The van der Waals surface area contributed by atoms with Gasteiger partial charge in [0.15, 0.2) is 0 Å². The van der Waals surface area contributed by atoms with E-state index in [4.69, 9.17) is 0 Å². The molecule has 0 spiro atoms. The first-order valence-electron chi connectivity index (χ1n) is 7.47. The summed E-state index contributed by atoms with van der Waals surface area (Å²) in [5, 5.41) is 3.29. The van der Waals surface area contributed by atoms with Crippen LogP contribution < -0.4 is 15.6 Å². The highest BCUT2D eigenvalue weighted by atomic mass is 19.3. The summed E-state index contributed by atoms with van der Waals surface area (Å²) >= 11 is 0. The molecule has 0 saturated heterocycles. The molecule has 0 unspecified atom stereocenters. The van der Waals surface area contributed by atoms with Gasteiger partial charge in [0.2, 0.25) is 5.91 Å². The molecule has 3 aromatic rings. The molecule has 0 aliphatic rings. The quantitative estimate of drug-likeness (QED) is 0.746. The summed E-state index contributed by atoms with van der Waals surface area (Å²) < 4.78 is 29.2. The van der Waals surface area contributed by atoms with Crippen molar-refractivity contribution >= 4 is 22.5 Å². The van der Waals surface area contributed by atoms with E-state index < -0.39 is 12.5 Å². The molecule has 0 aliphatic heterocycles. The van der Waals surface area contributed by atoms with Crippen molar-refractivity contribution in [1.82, 2.24) is 4.98 Å². The van der Waals surface area contributed by atoms with Crippen LogP contribution in [-0.4, -0.2) is 17.5 Å². The molecule has 5 nitrogen and oxygen atoms in total. The van der Waals surface area contributed by atoms with Crippen LogP contribution in [0.15, 0.2) is 59.4 Å². The molecule has 3 rings (SSSR count). The van der Waals surface area contributed by atoms with Gasteiger partial charge in [-0.05, 0) is 29.7 Å². The van der Waals surface area contributed by atoms with Gasteiger partial charge in [-0.25, -0.2) is 0 Å². The second-order valence-electron chi connectivity index (χ2n) is 5.31. The minimum absolute atomic E-state index is 0.116. The van der Waals surface area contributed by atoms with Gasteiger partial charge in [0.1, 0.15) is 5.75 Å². The minimum Gasteiger partial charge on any atom is -0.433 e. The molecule has 1 amide bonds. The molecule has 0 fully saturated rings. The first kappa shape index (κ1) is 16.6. The molecule has 0 bridgehead atoms. The molecule has 0 atom stereocenters. The first-order chi connectivity index (χ1) is 12.0. The smallest absolute Gasteiger partial charge is 0.387 e. The zero-order chi connectivity index (χ0) is 17.8. The fraction of sp³-hybridized carbons (Fsp3) is 0.111. The number of alkyl halides is 2. The summed E-state index contributed by atoms with van der Waals surface area (Å²) in [5.74, 6) is -0.649. The van der Waals surface area contributed by atoms with Crippen molar-refractivity contribution in [2.24, 2.45) is 0 Å². The normalized spacial score (nSPS) is 10.8. The maximum Gasteiger partial charge on any atom is 0.387 e. The number of ether oxygens (including phenoxy) is 1. The van der Waals surface area contributed by atoms with Gasteiger partial charge in [0.25, 0.3) is 5.56 Å². The molecule has 2 aromatic carbocycles. The number of hydrogen-bond acceptors (Lipinski definition) is 3. The third kappa shape index (κ3) is 4.00. The lowest BCUT2D eigenvalue weighted by molar-refractivity contribution is -0.115. The van der Waals surface area contributed by atoms with Gasteiger partial charge in [0.05, 0.1) is 12.1 Å². The number of carbonyl (C=O) groups excluding carboxylic acids is 1. The summed E-state index contributed by atoms with van der Waals surface area (Å²) in [5.41, 5.74) is 0.701. The van der Waals surface area contributed by atoms with E-state index >= 15 is 0 Å². The summed E-state index contributed by atoms with van der Waals surface area (Å²) in [6.07, 6.45) is -0.191. The lowest BCUT2D eigenvalue weighted by Gasteiger charge is -2.11. The van der Waals surface area contributed by atoms with Crippen molar-refractivity contribution in [1.29, 1.82) is 0 Å². The Bertz CT molecular complexity index is 970. The van der Waals surface area contributed by atoms with Crippen molar-refractivity contribution in [3.05, 3.63) is 70.5 Å². The number of amides is 1. The summed E-state index contributed by atoms with van der Waals surface area (Å²) in [6, 6.07) is 14.7. The van der Waals surface area contributed by atoms with Crippen LogP contribution in [0.5, 0.6) is 5.75 Å². The van der Waals surface area contributed by atoms with E-state index in [-0.39, 0.29) is 29.0 Å². The highest BCUT2D eigenvalue weighted by Gasteiger charge is 2.13. The summed E-state index contributed by atoms with van der Waals surface area (Å²) in [6.45, 7) is -3.00. The van der Waals surface area contributed by atoms with Crippen molar-refractivity contribution in [3.8, 4) is 5.75 Å². The lowest BCUT2D eigenvalue weighted by Crippen LogP contribution is -2.21. The molecule has 1 aromatic heterocycles. The Balaban J connectivity index is 1.80. The zero-order valence-corrected chi connectivity index (χ0v) is 13.0. The Morgan fingerprint density at radius 3 is 2.64 bits per heavy atom. The monoisotopic (exact) mass is 344 g/mol. The fourth-order valence-corrected chi connectivity index (χ4v) is 2.46. The van der Waals surface area contributed by atoms with Gasteiger partial charge < -0.3 is 15.0 Å². The van der Waals surface area contributed by atoms with E-state index in [0.717, 1.165) is 5.39 Å². The lowest BCUT2D eigenvalue weighted by atomic mass is 10.1. The highest BCUT2D eigenvalue weighted by Crippen LogP contribution is 2.25. The van der Waals surface area contributed by atoms with Gasteiger partial charge >= 0.3 is 6.61 Å². The average molecular weight is 344 g/mol. The second-order valence-corrected chi connectivity index (χ2v) is 5.31. The molecule has 2 N–H and O–H groups in total. The molecule has 25 heavy (non-hydrogen) atoms. The number of para-hydroxylation sites is 3. The maximum absolute atomic E-state index is 12.4. The number of H-pyrrole nitrogens is 1. The Kier molecular flexibility index (Phi) is 4.74. The number of pyridine rings is 1. The van der Waals surface area contributed by atoms with E-state index in [9.17, 15) is 18.4 Å². The number of rotatable bonds is 5. The Labute approximate surface area is 141 Å². The number of nitrogens with one attached hydrogen (secondary N) is 2. The predicted molar refractivity (Wildman–Crippen MR) is 90.0 cm³/mol. The van der Waals surface area contributed by atoms with Gasteiger partial charge in [0, 0.05) is 11.1 Å². The molecule has 1 heterocycles. The van der Waals surface area contributed by atoms with Gasteiger partial charge in [-0.15, -0.1) is 0 Å². The first-order valence-corrected chi connectivity index (χ1v) is 7.47. The molecular weight excluding hydrogens is 330 g/mol. The Hall–Kier alpha value is -3.22. The van der Waals surface area contributed by atoms with Crippen molar-refractivity contribution in [2.45, 2.75) is 13.0 Å². The van der Waals surface area contributed by atoms with Crippen molar-refractivity contribution < 1.29 is 18.3 Å². The SMILES string of the molecule is O=C(Cc1cc2ccccc2[nH]c1=O)Nc1ccccc1OC(F)F. The minimum atomic E-state index is -3.00. The van der Waals surface area contributed by atoms with Crippen LogP contribution >= 0.6 is 0 Å². The van der Waals surface area contributed by atoms with Crippen molar-refractivity contribution in [2.75, 3.05) is 5.32 Å². The topological polar surface area (TPSA) is 71.2 Å². The van der Waals surface area contributed by atoms with Gasteiger partial charge in [-0.1, -0.05) is 30.3 Å². The van der Waals surface area contributed by atoms with Gasteiger partial charge in [-0.3, -0.25) is 9.59 Å². The molecule has 7 heteroatoms. The number of halogens is 2. The average Bonchev–Trinajstić information content (AvgIpc) is 2.57.